The summed E-state index contributed by atoms with van der Waals surface area (Å²) in [6.45, 7) is 3.31. The minimum absolute atomic E-state index is 0.326. The summed E-state index contributed by atoms with van der Waals surface area (Å²) < 4.78 is 1.05. The van der Waals surface area contributed by atoms with E-state index in [0.29, 0.717) is 5.54 Å². The normalized spacial score (nSPS) is 22.7. The summed E-state index contributed by atoms with van der Waals surface area (Å²) in [5.41, 5.74) is 1.51. The average molecular weight is 344 g/mol. The minimum Gasteiger partial charge on any atom is -0.368 e. The third-order valence-electron chi connectivity index (χ3n) is 4.41. The second-order valence-corrected chi connectivity index (χ2v) is 7.11. The molecular formula is C15H20BrClN2. The highest BCUT2D eigenvalue weighted by atomic mass is 79.9. The number of nitrogens with one attached hydrogen (secondary N) is 1. The van der Waals surface area contributed by atoms with Crippen LogP contribution in [0.5, 0.6) is 0 Å². The lowest BCUT2D eigenvalue weighted by atomic mass is 9.97. The number of rotatable bonds is 1. The molecule has 0 amide bonds. The van der Waals surface area contributed by atoms with Crippen molar-refractivity contribution in [3.63, 3.8) is 0 Å². The largest absolute Gasteiger partial charge is 0.368 e. The van der Waals surface area contributed by atoms with Crippen molar-refractivity contribution >= 4 is 33.2 Å². The molecule has 0 atom stereocenters. The van der Waals surface area contributed by atoms with Gasteiger partial charge >= 0.3 is 0 Å². The van der Waals surface area contributed by atoms with Crippen molar-refractivity contribution in [3.05, 3.63) is 27.7 Å². The molecule has 0 radical (unpaired) electrons. The van der Waals surface area contributed by atoms with Gasteiger partial charge in [-0.3, -0.25) is 0 Å². The number of halogens is 2. The SMILES string of the molecule is Clc1cc(Br)ccc1N1CCCNC2(CCCC2)C1. The quantitative estimate of drug-likeness (QED) is 0.821. The van der Waals surface area contributed by atoms with Crippen LogP contribution in [0.25, 0.3) is 0 Å². The fourth-order valence-electron chi connectivity index (χ4n) is 3.45. The Hall–Kier alpha value is -0.250. The van der Waals surface area contributed by atoms with Crippen molar-refractivity contribution < 1.29 is 0 Å². The summed E-state index contributed by atoms with van der Waals surface area (Å²) in [5.74, 6) is 0. The molecule has 1 N–H and O–H groups in total. The van der Waals surface area contributed by atoms with E-state index >= 15 is 0 Å². The summed E-state index contributed by atoms with van der Waals surface area (Å²) in [7, 11) is 0. The van der Waals surface area contributed by atoms with Crippen LogP contribution in [0.4, 0.5) is 5.69 Å². The Morgan fingerprint density at radius 2 is 2.00 bits per heavy atom. The Morgan fingerprint density at radius 3 is 2.74 bits per heavy atom. The lowest BCUT2D eigenvalue weighted by Crippen LogP contribution is -2.49. The zero-order valence-electron chi connectivity index (χ0n) is 11.1. The van der Waals surface area contributed by atoms with Crippen LogP contribution in [0, 0.1) is 0 Å². The standard InChI is InChI=1S/C15H20BrClN2/c16-12-4-5-14(13(17)10-12)19-9-3-8-18-15(11-19)6-1-2-7-15/h4-5,10,18H,1-3,6-9,11H2. The van der Waals surface area contributed by atoms with Crippen LogP contribution < -0.4 is 10.2 Å². The molecule has 0 bridgehead atoms. The molecule has 19 heavy (non-hydrogen) atoms. The van der Waals surface area contributed by atoms with Crippen molar-refractivity contribution in [1.29, 1.82) is 0 Å². The monoisotopic (exact) mass is 342 g/mol. The topological polar surface area (TPSA) is 15.3 Å². The number of benzene rings is 1. The third-order valence-corrected chi connectivity index (χ3v) is 5.21. The molecule has 1 aliphatic heterocycles. The fraction of sp³-hybridized carbons (Fsp3) is 0.600. The maximum atomic E-state index is 6.42. The summed E-state index contributed by atoms with van der Waals surface area (Å²) in [6.07, 6.45) is 6.51. The first-order chi connectivity index (χ1) is 9.19. The molecule has 1 aromatic carbocycles. The third kappa shape index (κ3) is 2.93. The first-order valence-corrected chi connectivity index (χ1v) is 8.31. The van der Waals surface area contributed by atoms with Gasteiger partial charge in [0.25, 0.3) is 0 Å². The van der Waals surface area contributed by atoms with Crippen LogP contribution in [-0.4, -0.2) is 25.2 Å². The number of hydrogen-bond donors (Lipinski definition) is 1. The molecule has 0 aromatic heterocycles. The molecule has 1 aliphatic carbocycles. The Bertz CT molecular complexity index is 457. The van der Waals surface area contributed by atoms with Crippen molar-refractivity contribution in [2.45, 2.75) is 37.6 Å². The van der Waals surface area contributed by atoms with E-state index in [1.807, 2.05) is 6.07 Å². The molecule has 1 aromatic rings. The van der Waals surface area contributed by atoms with Crippen LogP contribution in [0.2, 0.25) is 5.02 Å². The first-order valence-electron chi connectivity index (χ1n) is 7.14. The van der Waals surface area contributed by atoms with Gasteiger partial charge in [-0.05, 0) is 44.0 Å². The van der Waals surface area contributed by atoms with Crippen molar-refractivity contribution in [2.24, 2.45) is 0 Å². The maximum absolute atomic E-state index is 6.42. The maximum Gasteiger partial charge on any atom is 0.0650 e. The Morgan fingerprint density at radius 1 is 1.21 bits per heavy atom. The van der Waals surface area contributed by atoms with E-state index in [1.54, 1.807) is 0 Å². The summed E-state index contributed by atoms with van der Waals surface area (Å²) in [4.78, 5) is 2.47. The molecule has 0 unspecified atom stereocenters. The van der Waals surface area contributed by atoms with Gasteiger partial charge in [-0.1, -0.05) is 40.4 Å². The molecule has 2 nitrogen and oxygen atoms in total. The Kier molecular flexibility index (Phi) is 4.06. The number of nitrogens with zero attached hydrogens (tertiary/aromatic N) is 1. The van der Waals surface area contributed by atoms with Crippen LogP contribution in [0.3, 0.4) is 0 Å². The molecule has 104 valence electrons. The van der Waals surface area contributed by atoms with Crippen LogP contribution in [-0.2, 0) is 0 Å². The highest BCUT2D eigenvalue weighted by molar-refractivity contribution is 9.10. The lowest BCUT2D eigenvalue weighted by Gasteiger charge is -2.34. The van der Waals surface area contributed by atoms with Crippen LogP contribution >= 0.6 is 27.5 Å². The van der Waals surface area contributed by atoms with Gasteiger partial charge in [0.2, 0.25) is 0 Å². The molecule has 1 saturated heterocycles. The molecule has 1 spiro atoms. The van der Waals surface area contributed by atoms with E-state index in [-0.39, 0.29) is 0 Å². The molecule has 2 fully saturated rings. The smallest absolute Gasteiger partial charge is 0.0650 e. The minimum atomic E-state index is 0.326. The Labute approximate surface area is 128 Å². The van der Waals surface area contributed by atoms with Crippen molar-refractivity contribution in [3.8, 4) is 0 Å². The van der Waals surface area contributed by atoms with E-state index in [9.17, 15) is 0 Å². The van der Waals surface area contributed by atoms with Gasteiger partial charge in [-0.15, -0.1) is 0 Å². The molecule has 1 heterocycles. The average Bonchev–Trinajstić information content (AvgIpc) is 2.71. The summed E-state index contributed by atoms with van der Waals surface area (Å²) >= 11 is 9.90. The highest BCUT2D eigenvalue weighted by Gasteiger charge is 2.36. The van der Waals surface area contributed by atoms with E-state index < -0.39 is 0 Å². The molecule has 3 rings (SSSR count). The van der Waals surface area contributed by atoms with Gasteiger partial charge in [-0.25, -0.2) is 0 Å². The van der Waals surface area contributed by atoms with Gasteiger partial charge < -0.3 is 10.2 Å². The van der Waals surface area contributed by atoms with Crippen LogP contribution in [0.1, 0.15) is 32.1 Å². The highest BCUT2D eigenvalue weighted by Crippen LogP contribution is 2.36. The summed E-state index contributed by atoms with van der Waals surface area (Å²) in [6, 6.07) is 6.22. The predicted molar refractivity (Wildman–Crippen MR) is 85.2 cm³/mol. The fourth-order valence-corrected chi connectivity index (χ4v) is 4.25. The molecule has 2 aliphatic rings. The second kappa shape index (κ2) is 5.63. The van der Waals surface area contributed by atoms with Crippen molar-refractivity contribution in [1.82, 2.24) is 5.32 Å². The van der Waals surface area contributed by atoms with E-state index in [4.69, 9.17) is 11.6 Å². The lowest BCUT2D eigenvalue weighted by molar-refractivity contribution is 0.354. The first kappa shape index (κ1) is 13.7. The zero-order chi connectivity index (χ0) is 13.3. The van der Waals surface area contributed by atoms with Gasteiger partial charge in [0, 0.05) is 23.1 Å². The van der Waals surface area contributed by atoms with E-state index in [2.05, 4.69) is 38.3 Å². The van der Waals surface area contributed by atoms with Crippen molar-refractivity contribution in [2.75, 3.05) is 24.5 Å². The molecular weight excluding hydrogens is 324 g/mol. The van der Waals surface area contributed by atoms with Gasteiger partial charge in [0.05, 0.1) is 10.7 Å². The van der Waals surface area contributed by atoms with E-state index in [1.165, 1.54) is 37.8 Å². The number of anilines is 1. The second-order valence-electron chi connectivity index (χ2n) is 5.79. The van der Waals surface area contributed by atoms with Gasteiger partial charge in [-0.2, -0.15) is 0 Å². The van der Waals surface area contributed by atoms with Crippen LogP contribution in [0.15, 0.2) is 22.7 Å². The molecule has 4 heteroatoms. The Balaban J connectivity index is 1.86. The summed E-state index contributed by atoms with van der Waals surface area (Å²) in [5, 5.41) is 4.64. The predicted octanol–water partition coefficient (Wildman–Crippen LogP) is 4.22. The van der Waals surface area contributed by atoms with E-state index in [0.717, 1.165) is 29.1 Å². The van der Waals surface area contributed by atoms with Gasteiger partial charge in [0.1, 0.15) is 0 Å². The molecule has 1 saturated carbocycles. The van der Waals surface area contributed by atoms with Gasteiger partial charge in [0.15, 0.2) is 0 Å². The number of hydrogen-bond acceptors (Lipinski definition) is 2. The zero-order valence-corrected chi connectivity index (χ0v) is 13.4.